The van der Waals surface area contributed by atoms with E-state index in [9.17, 15) is 19.2 Å². The summed E-state index contributed by atoms with van der Waals surface area (Å²) >= 11 is 2.87. The van der Waals surface area contributed by atoms with E-state index in [0.717, 1.165) is 21.9 Å². The standard InChI is InChI=1S/C34H29N3O6S2/c1-42-20-12-10-19(11-13-20)37-32(39)27-22-15-23(28(27)33(37)40)29-26(22)25(30-31(44-29)36-34(41)45-30)17-6-5-9-21(14-17)43-16-24(38)35-18-7-3-2-4-8-18/h2-14,22-23,25-29H,15-16H2,1H3,(H,35,38)(H,36,41)/t22-,23-,25+,26-,27+,28+,29-/m1/s1. The van der Waals surface area contributed by atoms with Gasteiger partial charge in [0.15, 0.2) is 6.61 Å². The topological polar surface area (TPSA) is 118 Å². The van der Waals surface area contributed by atoms with Crippen molar-refractivity contribution in [3.8, 4) is 11.5 Å². The molecule has 8 rings (SSSR count). The van der Waals surface area contributed by atoms with Gasteiger partial charge in [0.2, 0.25) is 11.8 Å². The number of rotatable bonds is 7. The molecule has 45 heavy (non-hydrogen) atoms. The molecule has 228 valence electrons. The van der Waals surface area contributed by atoms with E-state index < -0.39 is 5.92 Å². The summed E-state index contributed by atoms with van der Waals surface area (Å²) < 4.78 is 11.2. The number of ether oxygens (including phenoxy) is 2. The highest BCUT2D eigenvalue weighted by Gasteiger charge is 2.69. The van der Waals surface area contributed by atoms with Crippen LogP contribution in [-0.4, -0.2) is 41.7 Å². The predicted molar refractivity (Wildman–Crippen MR) is 171 cm³/mol. The highest BCUT2D eigenvalue weighted by atomic mass is 32.2. The van der Waals surface area contributed by atoms with Crippen molar-refractivity contribution >= 4 is 52.2 Å². The van der Waals surface area contributed by atoms with Crippen molar-refractivity contribution in [1.29, 1.82) is 0 Å². The molecule has 2 bridgehead atoms. The molecule has 0 spiro atoms. The molecule has 2 aliphatic heterocycles. The Morgan fingerprint density at radius 3 is 2.44 bits per heavy atom. The number of methoxy groups -OCH3 is 1. The van der Waals surface area contributed by atoms with Gasteiger partial charge in [-0.25, -0.2) is 0 Å². The van der Waals surface area contributed by atoms with E-state index in [4.69, 9.17) is 9.47 Å². The largest absolute Gasteiger partial charge is 0.497 e. The van der Waals surface area contributed by atoms with Crippen LogP contribution in [0.5, 0.6) is 11.5 Å². The molecule has 11 heteroatoms. The number of fused-ring (bicyclic) bond motifs is 9. The van der Waals surface area contributed by atoms with Gasteiger partial charge in [0, 0.05) is 21.7 Å². The molecule has 3 heterocycles. The Bertz CT molecular complexity index is 1870. The first kappa shape index (κ1) is 28.1. The normalized spacial score (nSPS) is 27.6. The zero-order chi connectivity index (χ0) is 30.8. The van der Waals surface area contributed by atoms with Crippen LogP contribution in [-0.2, 0) is 14.4 Å². The third-order valence-corrected chi connectivity index (χ3v) is 12.3. The van der Waals surface area contributed by atoms with Gasteiger partial charge in [-0.05, 0) is 78.3 Å². The van der Waals surface area contributed by atoms with Crippen LogP contribution in [0, 0.1) is 29.6 Å². The van der Waals surface area contributed by atoms with Crippen molar-refractivity contribution in [1.82, 2.24) is 4.98 Å². The Morgan fingerprint density at radius 1 is 0.933 bits per heavy atom. The van der Waals surface area contributed by atoms with Crippen LogP contribution in [0.15, 0.2) is 88.7 Å². The van der Waals surface area contributed by atoms with Gasteiger partial charge in [-0.1, -0.05) is 41.7 Å². The monoisotopic (exact) mass is 639 g/mol. The van der Waals surface area contributed by atoms with Crippen molar-refractivity contribution in [2.75, 3.05) is 23.9 Å². The van der Waals surface area contributed by atoms with Crippen molar-refractivity contribution < 1.29 is 23.9 Å². The molecule has 0 radical (unpaired) electrons. The number of carbonyl (C=O) groups excluding carboxylic acids is 3. The number of hydrogen-bond donors (Lipinski definition) is 2. The number of benzene rings is 3. The van der Waals surface area contributed by atoms with Gasteiger partial charge in [-0.15, -0.1) is 11.8 Å². The van der Waals surface area contributed by atoms with Gasteiger partial charge in [0.25, 0.3) is 5.91 Å². The van der Waals surface area contributed by atoms with Gasteiger partial charge in [-0.2, -0.15) is 0 Å². The molecule has 2 saturated carbocycles. The third-order valence-electron chi connectivity index (χ3n) is 9.70. The Balaban J connectivity index is 1.09. The number of imide groups is 1. The van der Waals surface area contributed by atoms with Crippen LogP contribution < -0.4 is 24.6 Å². The zero-order valence-corrected chi connectivity index (χ0v) is 25.8. The van der Waals surface area contributed by atoms with Gasteiger partial charge in [0.05, 0.1) is 29.7 Å². The number of H-pyrrole nitrogens is 1. The lowest BCUT2D eigenvalue weighted by Crippen LogP contribution is -2.42. The second-order valence-electron chi connectivity index (χ2n) is 11.9. The number of nitrogens with zero attached hydrogens (tertiary/aromatic N) is 1. The highest BCUT2D eigenvalue weighted by molar-refractivity contribution is 8.00. The number of thioether (sulfide) groups is 1. The molecule has 4 aromatic rings. The lowest BCUT2D eigenvalue weighted by molar-refractivity contribution is -0.123. The summed E-state index contributed by atoms with van der Waals surface area (Å²) in [5, 5.41) is 3.75. The fourth-order valence-corrected chi connectivity index (χ4v) is 10.9. The fraction of sp³-hybridized carbons (Fsp3) is 0.294. The molecule has 1 saturated heterocycles. The van der Waals surface area contributed by atoms with E-state index >= 15 is 0 Å². The quantitative estimate of drug-likeness (QED) is 0.269. The number of anilines is 2. The summed E-state index contributed by atoms with van der Waals surface area (Å²) in [5.74, 6) is -0.168. The van der Waals surface area contributed by atoms with Crippen LogP contribution in [0.4, 0.5) is 11.4 Å². The summed E-state index contributed by atoms with van der Waals surface area (Å²) in [7, 11) is 1.58. The molecule has 2 N–H and O–H groups in total. The van der Waals surface area contributed by atoms with Gasteiger partial charge < -0.3 is 19.8 Å². The van der Waals surface area contributed by atoms with Crippen molar-refractivity contribution in [3.05, 3.63) is 99.0 Å². The average Bonchev–Trinajstić information content (AvgIpc) is 3.79. The number of carbonyl (C=O) groups is 3. The van der Waals surface area contributed by atoms with Crippen LogP contribution >= 0.6 is 23.1 Å². The summed E-state index contributed by atoms with van der Waals surface area (Å²) in [4.78, 5) is 58.3. The number of aromatic amines is 1. The number of nitrogens with one attached hydrogen (secondary N) is 2. The molecule has 3 amide bonds. The maximum atomic E-state index is 14.0. The van der Waals surface area contributed by atoms with Gasteiger partial charge >= 0.3 is 4.87 Å². The minimum absolute atomic E-state index is 0.00576. The van der Waals surface area contributed by atoms with E-state index in [0.29, 0.717) is 22.9 Å². The van der Waals surface area contributed by atoms with Crippen LogP contribution in [0.2, 0.25) is 0 Å². The molecular formula is C34H29N3O6S2. The van der Waals surface area contributed by atoms with Crippen LogP contribution in [0.25, 0.3) is 0 Å². The summed E-state index contributed by atoms with van der Waals surface area (Å²) in [6, 6.07) is 23.9. The summed E-state index contributed by atoms with van der Waals surface area (Å²) in [6.07, 6.45) is 0.803. The summed E-state index contributed by atoms with van der Waals surface area (Å²) in [6.45, 7) is -0.153. The number of aromatic nitrogens is 1. The van der Waals surface area contributed by atoms with Gasteiger partial charge in [0.1, 0.15) is 11.5 Å². The summed E-state index contributed by atoms with van der Waals surface area (Å²) in [5.41, 5.74) is 2.23. The number of hydrogen-bond acceptors (Lipinski definition) is 8. The molecule has 3 aromatic carbocycles. The molecule has 2 aliphatic carbocycles. The Hall–Kier alpha value is -4.35. The Morgan fingerprint density at radius 2 is 1.69 bits per heavy atom. The van der Waals surface area contributed by atoms with Crippen LogP contribution in [0.3, 0.4) is 0 Å². The van der Waals surface area contributed by atoms with E-state index in [2.05, 4.69) is 10.3 Å². The van der Waals surface area contributed by atoms with Crippen molar-refractivity contribution in [2.24, 2.45) is 29.6 Å². The van der Waals surface area contributed by atoms with E-state index in [1.165, 1.54) is 16.2 Å². The molecule has 1 aromatic heterocycles. The molecular weight excluding hydrogens is 611 g/mol. The SMILES string of the molecule is COc1ccc(N2C(=O)[C@H]3[C@H]4C[C@@H]([C@@H]3C2=O)[C@@H]2[C@H](c3cccc(OCC(=O)Nc5ccccc5)c3)c3sc(=O)[nH]c3S[C@H]42)cc1. The third kappa shape index (κ3) is 4.59. The maximum absolute atomic E-state index is 14.0. The maximum Gasteiger partial charge on any atom is 0.305 e. The highest BCUT2D eigenvalue weighted by Crippen LogP contribution is 2.68. The minimum atomic E-state index is -0.396. The number of para-hydroxylation sites is 1. The van der Waals surface area contributed by atoms with E-state index in [1.807, 2.05) is 54.6 Å². The van der Waals surface area contributed by atoms with Crippen LogP contribution in [0.1, 0.15) is 22.8 Å². The smallest absolute Gasteiger partial charge is 0.305 e. The molecule has 0 unspecified atom stereocenters. The molecule has 3 fully saturated rings. The molecule has 7 atom stereocenters. The second-order valence-corrected chi connectivity index (χ2v) is 14.1. The van der Waals surface area contributed by atoms with E-state index in [1.54, 1.807) is 43.1 Å². The lowest BCUT2D eigenvalue weighted by Gasteiger charge is -2.43. The first-order valence-corrected chi connectivity index (χ1v) is 16.6. The first-order chi connectivity index (χ1) is 21.9. The predicted octanol–water partition coefficient (Wildman–Crippen LogP) is 5.14. The first-order valence-electron chi connectivity index (χ1n) is 14.9. The van der Waals surface area contributed by atoms with Crippen molar-refractivity contribution in [2.45, 2.75) is 22.6 Å². The Labute approximate surface area is 266 Å². The second kappa shape index (κ2) is 10.9. The van der Waals surface area contributed by atoms with Gasteiger partial charge in [-0.3, -0.25) is 24.1 Å². The minimum Gasteiger partial charge on any atom is -0.497 e. The fourth-order valence-electron chi connectivity index (χ4n) is 8.04. The average molecular weight is 640 g/mol. The molecule has 9 nitrogen and oxygen atoms in total. The molecule has 4 aliphatic rings. The zero-order valence-electron chi connectivity index (χ0n) is 24.2. The number of thiazole rings is 1. The van der Waals surface area contributed by atoms with E-state index in [-0.39, 0.29) is 64.0 Å². The Kier molecular flexibility index (Phi) is 6.83. The van der Waals surface area contributed by atoms with Crippen molar-refractivity contribution in [3.63, 3.8) is 0 Å². The lowest BCUT2D eigenvalue weighted by atomic mass is 9.68. The number of amides is 3.